The second-order valence-electron chi connectivity index (χ2n) is 6.08. The van der Waals surface area contributed by atoms with E-state index in [1.807, 2.05) is 12.4 Å². The van der Waals surface area contributed by atoms with Gasteiger partial charge in [-0.05, 0) is 32.4 Å². The van der Waals surface area contributed by atoms with Gasteiger partial charge in [0.15, 0.2) is 0 Å². The molecule has 0 radical (unpaired) electrons. The maximum Gasteiger partial charge on any atom is 0.0443 e. The van der Waals surface area contributed by atoms with E-state index in [2.05, 4.69) is 40.0 Å². The Labute approximate surface area is 122 Å². The third-order valence-electron chi connectivity index (χ3n) is 4.55. The Bertz CT molecular complexity index is 444. The van der Waals surface area contributed by atoms with Crippen molar-refractivity contribution in [3.8, 4) is 0 Å². The van der Waals surface area contributed by atoms with Crippen LogP contribution in [-0.4, -0.2) is 48.1 Å². The lowest BCUT2D eigenvalue weighted by Gasteiger charge is -2.41. The number of hydrogen-bond donors (Lipinski definition) is 1. The van der Waals surface area contributed by atoms with Crippen molar-refractivity contribution in [1.29, 1.82) is 0 Å². The summed E-state index contributed by atoms with van der Waals surface area (Å²) in [4.78, 5) is 9.40. The fourth-order valence-corrected chi connectivity index (χ4v) is 3.09. The lowest BCUT2D eigenvalue weighted by Crippen LogP contribution is -2.52. The average Bonchev–Trinajstić information content (AvgIpc) is 3.29. The molecule has 0 aromatic carbocycles. The number of aromatic nitrogens is 1. The van der Waals surface area contributed by atoms with Crippen LogP contribution in [0.4, 0.5) is 5.69 Å². The van der Waals surface area contributed by atoms with Gasteiger partial charge in [-0.3, -0.25) is 9.88 Å². The van der Waals surface area contributed by atoms with E-state index >= 15 is 0 Å². The topological polar surface area (TPSA) is 31.4 Å². The zero-order valence-corrected chi connectivity index (χ0v) is 12.7. The number of hydrogen-bond acceptors (Lipinski definition) is 4. The van der Waals surface area contributed by atoms with Crippen LogP contribution in [-0.2, 0) is 6.54 Å². The molecule has 0 amide bonds. The minimum absolute atomic E-state index is 0.631. The van der Waals surface area contributed by atoms with Gasteiger partial charge in [0, 0.05) is 61.9 Å². The Morgan fingerprint density at radius 1 is 1.35 bits per heavy atom. The fourth-order valence-electron chi connectivity index (χ4n) is 3.09. The van der Waals surface area contributed by atoms with Crippen LogP contribution in [0.1, 0.15) is 32.3 Å². The molecule has 1 unspecified atom stereocenters. The third-order valence-corrected chi connectivity index (χ3v) is 4.55. The van der Waals surface area contributed by atoms with Gasteiger partial charge in [0.05, 0.1) is 0 Å². The van der Waals surface area contributed by atoms with Crippen molar-refractivity contribution < 1.29 is 0 Å². The van der Waals surface area contributed by atoms with Crippen LogP contribution in [0, 0.1) is 0 Å². The van der Waals surface area contributed by atoms with Crippen molar-refractivity contribution in [2.75, 3.05) is 31.1 Å². The number of nitrogens with zero attached hydrogens (tertiary/aromatic N) is 3. The molecule has 1 aromatic heterocycles. The molecule has 1 N–H and O–H groups in total. The second-order valence-corrected chi connectivity index (χ2v) is 6.08. The number of rotatable bonds is 5. The highest BCUT2D eigenvalue weighted by molar-refractivity contribution is 5.52. The van der Waals surface area contributed by atoms with Gasteiger partial charge in [0.1, 0.15) is 0 Å². The number of piperazine rings is 1. The van der Waals surface area contributed by atoms with Crippen molar-refractivity contribution in [3.05, 3.63) is 24.0 Å². The highest BCUT2D eigenvalue weighted by Crippen LogP contribution is 2.25. The molecular formula is C16H26N4. The van der Waals surface area contributed by atoms with Crippen molar-refractivity contribution in [2.24, 2.45) is 0 Å². The molecule has 2 aliphatic rings. The van der Waals surface area contributed by atoms with Gasteiger partial charge in [0.2, 0.25) is 0 Å². The van der Waals surface area contributed by atoms with Crippen LogP contribution >= 0.6 is 0 Å². The van der Waals surface area contributed by atoms with E-state index in [1.165, 1.54) is 24.1 Å². The predicted octanol–water partition coefficient (Wildman–Crippen LogP) is 1.86. The molecular weight excluding hydrogens is 248 g/mol. The van der Waals surface area contributed by atoms with E-state index < -0.39 is 0 Å². The molecule has 1 atom stereocenters. The number of nitrogens with one attached hydrogen (secondary N) is 1. The van der Waals surface area contributed by atoms with E-state index in [4.69, 9.17) is 0 Å². The van der Waals surface area contributed by atoms with Crippen molar-refractivity contribution >= 4 is 5.69 Å². The molecule has 2 heterocycles. The van der Waals surface area contributed by atoms with Crippen molar-refractivity contribution in [2.45, 2.75) is 45.3 Å². The molecule has 4 nitrogen and oxygen atoms in total. The Balaban J connectivity index is 1.69. The first-order chi connectivity index (χ1) is 9.78. The minimum atomic E-state index is 0.631. The second kappa shape index (κ2) is 6.10. The van der Waals surface area contributed by atoms with Crippen LogP contribution < -0.4 is 10.2 Å². The SMILES string of the molecule is CCN1CCN(c2ccncc2CNC2CC2)CC1C. The largest absolute Gasteiger partial charge is 0.368 e. The standard InChI is InChI=1S/C16H26N4/c1-3-19-8-9-20(12-13(19)2)16-6-7-17-10-14(16)11-18-15-4-5-15/h6-7,10,13,15,18H,3-5,8-9,11-12H2,1-2H3. The Hall–Kier alpha value is -1.13. The smallest absolute Gasteiger partial charge is 0.0443 e. The summed E-state index contributed by atoms with van der Waals surface area (Å²) in [6, 6.07) is 3.56. The van der Waals surface area contributed by atoms with Crippen molar-refractivity contribution in [3.63, 3.8) is 0 Å². The summed E-state index contributed by atoms with van der Waals surface area (Å²) in [6.07, 6.45) is 6.62. The summed E-state index contributed by atoms with van der Waals surface area (Å²) in [7, 11) is 0. The molecule has 0 spiro atoms. The Kier molecular flexibility index (Phi) is 4.22. The summed E-state index contributed by atoms with van der Waals surface area (Å²) < 4.78 is 0. The highest BCUT2D eigenvalue weighted by Gasteiger charge is 2.25. The summed E-state index contributed by atoms with van der Waals surface area (Å²) >= 11 is 0. The molecule has 3 rings (SSSR count). The average molecular weight is 274 g/mol. The van der Waals surface area contributed by atoms with Crippen molar-refractivity contribution in [1.82, 2.24) is 15.2 Å². The van der Waals surface area contributed by atoms with Gasteiger partial charge < -0.3 is 10.2 Å². The zero-order valence-electron chi connectivity index (χ0n) is 12.7. The van der Waals surface area contributed by atoms with E-state index in [0.717, 1.165) is 38.8 Å². The first-order valence-corrected chi connectivity index (χ1v) is 7.93. The van der Waals surface area contributed by atoms with E-state index in [-0.39, 0.29) is 0 Å². The summed E-state index contributed by atoms with van der Waals surface area (Å²) in [6.45, 7) is 10.1. The van der Waals surface area contributed by atoms with Gasteiger partial charge in [-0.1, -0.05) is 6.92 Å². The number of likely N-dealkylation sites (N-methyl/N-ethyl adjacent to an activating group) is 1. The van der Waals surface area contributed by atoms with E-state index in [1.54, 1.807) is 0 Å². The fraction of sp³-hybridized carbons (Fsp3) is 0.688. The molecule has 1 saturated carbocycles. The summed E-state index contributed by atoms with van der Waals surface area (Å²) in [5, 5.41) is 3.61. The maximum absolute atomic E-state index is 4.31. The van der Waals surface area contributed by atoms with E-state index in [0.29, 0.717) is 6.04 Å². The monoisotopic (exact) mass is 274 g/mol. The maximum atomic E-state index is 4.31. The zero-order chi connectivity index (χ0) is 13.9. The van der Waals surface area contributed by atoms with Gasteiger partial charge >= 0.3 is 0 Å². The van der Waals surface area contributed by atoms with Crippen LogP contribution in [0.3, 0.4) is 0 Å². The minimum Gasteiger partial charge on any atom is -0.368 e. The first kappa shape index (κ1) is 13.8. The lowest BCUT2D eigenvalue weighted by atomic mass is 10.1. The van der Waals surface area contributed by atoms with Crippen LogP contribution in [0.2, 0.25) is 0 Å². The molecule has 0 bridgehead atoms. The van der Waals surface area contributed by atoms with Crippen LogP contribution in [0.25, 0.3) is 0 Å². The number of anilines is 1. The molecule has 20 heavy (non-hydrogen) atoms. The number of pyridine rings is 1. The molecule has 2 fully saturated rings. The first-order valence-electron chi connectivity index (χ1n) is 7.93. The molecule has 110 valence electrons. The predicted molar refractivity (Wildman–Crippen MR) is 83.0 cm³/mol. The summed E-state index contributed by atoms with van der Waals surface area (Å²) in [5.41, 5.74) is 2.72. The van der Waals surface area contributed by atoms with Gasteiger partial charge in [-0.2, -0.15) is 0 Å². The van der Waals surface area contributed by atoms with Crippen LogP contribution in [0.15, 0.2) is 18.5 Å². The molecule has 4 heteroatoms. The molecule has 1 saturated heterocycles. The van der Waals surface area contributed by atoms with Gasteiger partial charge in [-0.25, -0.2) is 0 Å². The normalized spacial score (nSPS) is 24.1. The molecule has 1 aliphatic heterocycles. The Morgan fingerprint density at radius 3 is 2.90 bits per heavy atom. The van der Waals surface area contributed by atoms with E-state index in [9.17, 15) is 0 Å². The quantitative estimate of drug-likeness (QED) is 0.888. The van der Waals surface area contributed by atoms with Gasteiger partial charge in [0.25, 0.3) is 0 Å². The van der Waals surface area contributed by atoms with Crippen LogP contribution in [0.5, 0.6) is 0 Å². The summed E-state index contributed by atoms with van der Waals surface area (Å²) in [5.74, 6) is 0. The van der Waals surface area contributed by atoms with Gasteiger partial charge in [-0.15, -0.1) is 0 Å². The molecule has 1 aromatic rings. The lowest BCUT2D eigenvalue weighted by molar-refractivity contribution is 0.199. The third kappa shape index (κ3) is 3.13. The Morgan fingerprint density at radius 2 is 2.20 bits per heavy atom. The highest BCUT2D eigenvalue weighted by atomic mass is 15.3. The molecule has 1 aliphatic carbocycles.